The van der Waals surface area contributed by atoms with Gasteiger partial charge >= 0.3 is 0 Å². The highest BCUT2D eigenvalue weighted by molar-refractivity contribution is 5.74. The van der Waals surface area contributed by atoms with Crippen molar-refractivity contribution in [2.45, 2.75) is 12.8 Å². The number of hydrogen-bond donors (Lipinski definition) is 0. The van der Waals surface area contributed by atoms with Crippen LogP contribution in [0.15, 0.2) is 48.5 Å². The lowest BCUT2D eigenvalue weighted by molar-refractivity contribution is 1.03. The van der Waals surface area contributed by atoms with Crippen molar-refractivity contribution in [1.82, 2.24) is 0 Å². The first-order valence-electron chi connectivity index (χ1n) is 6.86. The molecule has 76 valence electrons. The van der Waals surface area contributed by atoms with Gasteiger partial charge in [-0.05, 0) is 29.2 Å². The molecule has 0 amide bonds. The van der Waals surface area contributed by atoms with Crippen LogP contribution in [0.25, 0.3) is 11.1 Å². The molecule has 0 radical (unpaired) electrons. The van der Waals surface area contributed by atoms with E-state index in [0.717, 1.165) is 24.0 Å². The van der Waals surface area contributed by atoms with Gasteiger partial charge < -0.3 is 0 Å². The average molecular weight is 207 g/mol. The second-order valence-electron chi connectivity index (χ2n) is 3.79. The maximum atomic E-state index is 8.14. The molecule has 3 rings (SSSR count). The highest BCUT2D eigenvalue weighted by atomic mass is 14.1. The third kappa shape index (κ3) is 1.51. The standard InChI is InChI=1S/C16H12/c1-2-8-14-10-4-6-12-16(14)15-11-5-3-9-13(15)7-1/h3-6,9-12H,1,7H2/i4D,6D,12D. The SMILES string of the molecule is [2H]c1cc2c(c([2H])c1[2H])-c1ccccc1CCC#C2. The molecule has 1 aliphatic carbocycles. The molecule has 0 saturated carbocycles. The molecular formula is C16H12. The molecule has 0 heterocycles. The molecule has 0 atom stereocenters. The zero-order valence-electron chi connectivity index (χ0n) is 11.8. The predicted octanol–water partition coefficient (Wildman–Crippen LogP) is 3.65. The Hall–Kier alpha value is -2.00. The molecule has 16 heavy (non-hydrogen) atoms. The minimum Gasteiger partial charge on any atom is -0.0975 e. The van der Waals surface area contributed by atoms with Gasteiger partial charge in [-0.3, -0.25) is 0 Å². The molecule has 1 aliphatic rings. The summed E-state index contributed by atoms with van der Waals surface area (Å²) < 4.78 is 23.7. The molecule has 2 aromatic rings. The summed E-state index contributed by atoms with van der Waals surface area (Å²) in [5.74, 6) is 6.12. The van der Waals surface area contributed by atoms with E-state index in [-0.39, 0.29) is 18.1 Å². The first kappa shape index (κ1) is 6.55. The molecule has 0 bridgehead atoms. The van der Waals surface area contributed by atoms with Crippen LogP contribution in [-0.2, 0) is 6.42 Å². The summed E-state index contributed by atoms with van der Waals surface area (Å²) in [6.45, 7) is 0. The topological polar surface area (TPSA) is 0 Å². The number of rotatable bonds is 0. The van der Waals surface area contributed by atoms with Crippen LogP contribution in [0.5, 0.6) is 0 Å². The van der Waals surface area contributed by atoms with E-state index in [1.165, 1.54) is 0 Å². The van der Waals surface area contributed by atoms with Crippen molar-refractivity contribution in [3.05, 3.63) is 59.6 Å². The minimum atomic E-state index is -0.0315. The van der Waals surface area contributed by atoms with E-state index < -0.39 is 0 Å². The van der Waals surface area contributed by atoms with Crippen molar-refractivity contribution in [2.75, 3.05) is 0 Å². The van der Waals surface area contributed by atoms with Gasteiger partial charge in [0.25, 0.3) is 0 Å². The van der Waals surface area contributed by atoms with Crippen LogP contribution in [0, 0.1) is 11.8 Å². The van der Waals surface area contributed by atoms with E-state index in [4.69, 9.17) is 4.11 Å². The van der Waals surface area contributed by atoms with Gasteiger partial charge in [-0.25, -0.2) is 0 Å². The fraction of sp³-hybridized carbons (Fsp3) is 0.125. The highest BCUT2D eigenvalue weighted by Crippen LogP contribution is 2.28. The van der Waals surface area contributed by atoms with Crippen molar-refractivity contribution < 1.29 is 4.11 Å². The molecule has 0 aliphatic heterocycles. The fourth-order valence-corrected chi connectivity index (χ4v) is 1.99. The van der Waals surface area contributed by atoms with Gasteiger partial charge in [0.05, 0.1) is 4.11 Å². The second-order valence-corrected chi connectivity index (χ2v) is 3.79. The lowest BCUT2D eigenvalue weighted by atomic mass is 9.92. The summed E-state index contributed by atoms with van der Waals surface area (Å²) in [5, 5.41) is 0. The molecule has 0 saturated heterocycles. The minimum absolute atomic E-state index is 0.0315. The van der Waals surface area contributed by atoms with E-state index in [1.54, 1.807) is 6.07 Å². The van der Waals surface area contributed by atoms with Gasteiger partial charge in [0.15, 0.2) is 0 Å². The monoisotopic (exact) mass is 207 g/mol. The fourth-order valence-electron chi connectivity index (χ4n) is 1.99. The van der Waals surface area contributed by atoms with E-state index in [0.29, 0.717) is 11.1 Å². The second kappa shape index (κ2) is 3.87. The molecule has 0 unspecified atom stereocenters. The molecule has 0 nitrogen and oxygen atoms in total. The van der Waals surface area contributed by atoms with Crippen LogP contribution < -0.4 is 0 Å². The molecule has 0 N–H and O–H groups in total. The predicted molar refractivity (Wildman–Crippen MR) is 67.1 cm³/mol. The Morgan fingerprint density at radius 3 is 3.00 bits per heavy atom. The first-order chi connectivity index (χ1) is 9.18. The van der Waals surface area contributed by atoms with Gasteiger partial charge in [-0.15, -0.1) is 0 Å². The first-order valence-corrected chi connectivity index (χ1v) is 5.36. The molecule has 2 aromatic carbocycles. The Kier molecular flexibility index (Phi) is 1.58. The van der Waals surface area contributed by atoms with Crippen LogP contribution in [0.3, 0.4) is 0 Å². The Morgan fingerprint density at radius 2 is 2.00 bits per heavy atom. The molecule has 0 aromatic heterocycles. The molecule has 0 heteroatoms. The van der Waals surface area contributed by atoms with Gasteiger partial charge in [0.1, 0.15) is 0 Å². The summed E-state index contributed by atoms with van der Waals surface area (Å²) in [7, 11) is 0. The van der Waals surface area contributed by atoms with Crippen molar-refractivity contribution in [1.29, 1.82) is 0 Å². The highest BCUT2D eigenvalue weighted by Gasteiger charge is 2.08. The Labute approximate surface area is 100 Å². The zero-order chi connectivity index (χ0) is 13.4. The quantitative estimate of drug-likeness (QED) is 0.578. The van der Waals surface area contributed by atoms with Crippen molar-refractivity contribution >= 4 is 0 Å². The number of hydrogen-bond acceptors (Lipinski definition) is 0. The third-order valence-electron chi connectivity index (χ3n) is 2.77. The van der Waals surface area contributed by atoms with Crippen molar-refractivity contribution in [3.8, 4) is 23.0 Å². The van der Waals surface area contributed by atoms with E-state index in [9.17, 15) is 0 Å². The maximum Gasteiger partial charge on any atom is 0.0630 e. The van der Waals surface area contributed by atoms with Gasteiger partial charge in [-0.2, -0.15) is 0 Å². The van der Waals surface area contributed by atoms with Crippen LogP contribution in [0.4, 0.5) is 0 Å². The molecule has 0 spiro atoms. The van der Waals surface area contributed by atoms with Gasteiger partial charge in [-0.1, -0.05) is 54.2 Å². The number of fused-ring (bicyclic) bond motifs is 3. The smallest absolute Gasteiger partial charge is 0.0630 e. The Balaban J connectivity index is 2.40. The lowest BCUT2D eigenvalue weighted by Gasteiger charge is -2.12. The van der Waals surface area contributed by atoms with Crippen LogP contribution in [0.2, 0.25) is 0 Å². The summed E-state index contributed by atoms with van der Waals surface area (Å²) in [4.78, 5) is 0. The summed E-state index contributed by atoms with van der Waals surface area (Å²) >= 11 is 0. The lowest BCUT2D eigenvalue weighted by Crippen LogP contribution is -1.94. The van der Waals surface area contributed by atoms with Crippen LogP contribution in [-0.4, -0.2) is 0 Å². The summed E-state index contributed by atoms with van der Waals surface area (Å²) in [6.07, 6.45) is 1.64. The Bertz CT molecular complexity index is 721. The van der Waals surface area contributed by atoms with Crippen molar-refractivity contribution in [2.24, 2.45) is 0 Å². The number of aryl methyl sites for hydroxylation is 1. The normalized spacial score (nSPS) is 15.1. The molecule has 0 fully saturated rings. The number of benzene rings is 2. The van der Waals surface area contributed by atoms with Gasteiger partial charge in [0, 0.05) is 12.0 Å². The van der Waals surface area contributed by atoms with Crippen LogP contribution >= 0.6 is 0 Å². The Morgan fingerprint density at radius 1 is 1.06 bits per heavy atom. The van der Waals surface area contributed by atoms with Gasteiger partial charge in [0.2, 0.25) is 0 Å². The van der Waals surface area contributed by atoms with E-state index in [2.05, 4.69) is 11.8 Å². The third-order valence-corrected chi connectivity index (χ3v) is 2.77. The average Bonchev–Trinajstić information content (AvgIpc) is 2.39. The summed E-state index contributed by atoms with van der Waals surface area (Å²) in [6, 6.07) is 9.68. The van der Waals surface area contributed by atoms with Crippen LogP contribution in [0.1, 0.15) is 21.7 Å². The maximum absolute atomic E-state index is 8.14. The molecular weight excluding hydrogens is 192 g/mol. The van der Waals surface area contributed by atoms with E-state index in [1.807, 2.05) is 24.3 Å². The largest absolute Gasteiger partial charge is 0.0975 e. The van der Waals surface area contributed by atoms with E-state index >= 15 is 0 Å². The zero-order valence-corrected chi connectivity index (χ0v) is 8.80. The van der Waals surface area contributed by atoms with Crippen molar-refractivity contribution in [3.63, 3.8) is 0 Å². The summed E-state index contributed by atoms with van der Waals surface area (Å²) in [5.41, 5.74) is 3.52.